The number of amides is 1. The molecule has 3 aromatic carbocycles. The van der Waals surface area contributed by atoms with Crippen molar-refractivity contribution in [3.05, 3.63) is 94.1 Å². The number of halogens is 3. The van der Waals surface area contributed by atoms with Crippen LogP contribution >= 0.6 is 67.8 Å². The molecule has 1 N–H and O–H groups in total. The molecule has 3 rings (SSSR count). The third-order valence-corrected chi connectivity index (χ3v) is 6.28. The fourth-order valence-electron chi connectivity index (χ4n) is 2.61. The third-order valence-electron chi connectivity index (χ3n) is 4.01. The average molecular weight is 732 g/mol. The average Bonchev–Trinajstić information content (AvgIpc) is 2.72. The molecule has 0 radical (unpaired) electrons. The highest BCUT2D eigenvalue weighted by atomic mass is 127. The second kappa shape index (κ2) is 11.1. The smallest absolute Gasteiger partial charge is 0.266 e. The summed E-state index contributed by atoms with van der Waals surface area (Å²) in [4.78, 5) is 12.5. The van der Waals surface area contributed by atoms with Crippen molar-refractivity contribution in [1.29, 1.82) is 5.26 Å². The highest BCUT2D eigenvalue weighted by molar-refractivity contribution is 14.1. The highest BCUT2D eigenvalue weighted by Crippen LogP contribution is 2.30. The summed E-state index contributed by atoms with van der Waals surface area (Å²) in [5.41, 5.74) is 2.55. The Bertz CT molecular complexity index is 1120. The van der Waals surface area contributed by atoms with E-state index in [1.54, 1.807) is 12.1 Å². The van der Waals surface area contributed by atoms with E-state index in [1.807, 2.05) is 66.7 Å². The fourth-order valence-corrected chi connectivity index (χ4v) is 5.28. The number of hydrogen-bond acceptors (Lipinski definition) is 3. The van der Waals surface area contributed by atoms with Crippen molar-refractivity contribution in [2.45, 2.75) is 6.61 Å². The van der Waals surface area contributed by atoms with E-state index in [0.29, 0.717) is 12.3 Å². The van der Waals surface area contributed by atoms with Gasteiger partial charge in [0.25, 0.3) is 5.91 Å². The Morgan fingerprint density at radius 2 is 1.70 bits per heavy atom. The van der Waals surface area contributed by atoms with Gasteiger partial charge in [0, 0.05) is 9.26 Å². The molecule has 0 heterocycles. The molecule has 0 atom stereocenters. The Kier molecular flexibility index (Phi) is 8.52. The van der Waals surface area contributed by atoms with Crippen LogP contribution in [0.1, 0.15) is 11.1 Å². The van der Waals surface area contributed by atoms with Crippen molar-refractivity contribution in [3.63, 3.8) is 0 Å². The highest BCUT2D eigenvalue weighted by Gasteiger charge is 2.13. The summed E-state index contributed by atoms with van der Waals surface area (Å²) in [5, 5.41) is 12.3. The van der Waals surface area contributed by atoms with Crippen molar-refractivity contribution in [2.24, 2.45) is 0 Å². The lowest BCUT2D eigenvalue weighted by Crippen LogP contribution is -2.13. The molecule has 0 fully saturated rings. The largest absolute Gasteiger partial charge is 0.487 e. The van der Waals surface area contributed by atoms with Crippen LogP contribution < -0.4 is 10.1 Å². The zero-order valence-corrected chi connectivity index (χ0v) is 22.0. The Balaban J connectivity index is 1.77. The van der Waals surface area contributed by atoms with Gasteiger partial charge in [-0.05, 0) is 115 Å². The van der Waals surface area contributed by atoms with Crippen molar-refractivity contribution in [2.75, 3.05) is 5.32 Å². The van der Waals surface area contributed by atoms with Gasteiger partial charge < -0.3 is 10.1 Å². The second-order valence-electron chi connectivity index (χ2n) is 6.22. The molecule has 4 nitrogen and oxygen atoms in total. The summed E-state index contributed by atoms with van der Waals surface area (Å²) in [5.74, 6) is 0.355. The number of nitriles is 1. The second-order valence-corrected chi connectivity index (χ2v) is 9.79. The number of anilines is 1. The van der Waals surface area contributed by atoms with Gasteiger partial charge in [0.05, 0.1) is 7.14 Å². The number of nitrogens with one attached hydrogen (secondary N) is 1. The molecule has 0 aliphatic carbocycles. The lowest BCUT2D eigenvalue weighted by molar-refractivity contribution is -0.112. The SMILES string of the molecule is N#C/C(=C\c1cc(I)c(OCc2ccccc2)c(I)c1)C(=O)Nc1cccc(I)c1. The van der Waals surface area contributed by atoms with E-state index in [4.69, 9.17) is 4.74 Å². The normalized spacial score (nSPS) is 10.9. The fraction of sp³-hybridized carbons (Fsp3) is 0.0435. The number of carbonyl (C=O) groups excluding carboxylic acids is 1. The number of benzene rings is 3. The van der Waals surface area contributed by atoms with E-state index in [2.05, 4.69) is 73.1 Å². The first-order valence-electron chi connectivity index (χ1n) is 8.81. The molecule has 0 aliphatic rings. The summed E-state index contributed by atoms with van der Waals surface area (Å²) in [6, 6.07) is 23.2. The standard InChI is InChI=1S/C23H15I3N2O2/c24-18-7-4-8-19(12-18)28-23(29)17(13-27)9-16-10-20(25)22(21(26)11-16)30-14-15-5-2-1-3-6-15/h1-12H,14H2,(H,28,29)/b17-9+. The van der Waals surface area contributed by atoms with E-state index < -0.39 is 5.91 Å². The predicted octanol–water partition coefficient (Wildman–Crippen LogP) is 6.63. The minimum atomic E-state index is -0.436. The van der Waals surface area contributed by atoms with Crippen LogP contribution in [0, 0.1) is 22.0 Å². The van der Waals surface area contributed by atoms with Gasteiger partial charge in [-0.15, -0.1) is 0 Å². The molecule has 0 aliphatic heterocycles. The van der Waals surface area contributed by atoms with Gasteiger partial charge in [-0.25, -0.2) is 0 Å². The van der Waals surface area contributed by atoms with Crippen molar-refractivity contribution in [3.8, 4) is 11.8 Å². The molecule has 3 aromatic rings. The summed E-state index contributed by atoms with van der Waals surface area (Å²) in [7, 11) is 0. The Morgan fingerprint density at radius 1 is 1.00 bits per heavy atom. The van der Waals surface area contributed by atoms with E-state index in [-0.39, 0.29) is 5.57 Å². The van der Waals surface area contributed by atoms with Gasteiger partial charge in [0.15, 0.2) is 0 Å². The van der Waals surface area contributed by atoms with Crippen LogP contribution in [0.5, 0.6) is 5.75 Å². The minimum absolute atomic E-state index is 0.0402. The maximum atomic E-state index is 12.5. The molecule has 0 saturated carbocycles. The molecule has 1 amide bonds. The van der Waals surface area contributed by atoms with Crippen molar-refractivity contribution in [1.82, 2.24) is 0 Å². The van der Waals surface area contributed by atoms with Crippen LogP contribution in [0.4, 0.5) is 5.69 Å². The molecular weight excluding hydrogens is 717 g/mol. The topological polar surface area (TPSA) is 62.1 Å². The van der Waals surface area contributed by atoms with Crippen LogP contribution in [-0.4, -0.2) is 5.91 Å². The van der Waals surface area contributed by atoms with Gasteiger partial charge in [-0.1, -0.05) is 36.4 Å². The molecule has 0 aromatic heterocycles. The van der Waals surface area contributed by atoms with Gasteiger partial charge >= 0.3 is 0 Å². The van der Waals surface area contributed by atoms with E-state index in [0.717, 1.165) is 27.6 Å². The van der Waals surface area contributed by atoms with Gasteiger partial charge in [0.1, 0.15) is 24.0 Å². The lowest BCUT2D eigenvalue weighted by Gasteiger charge is -2.12. The lowest BCUT2D eigenvalue weighted by atomic mass is 10.1. The molecule has 0 spiro atoms. The predicted molar refractivity (Wildman–Crippen MR) is 144 cm³/mol. The summed E-state index contributed by atoms with van der Waals surface area (Å²) >= 11 is 6.59. The number of carbonyl (C=O) groups is 1. The quantitative estimate of drug-likeness (QED) is 0.176. The molecule has 0 bridgehead atoms. The van der Waals surface area contributed by atoms with E-state index in [9.17, 15) is 10.1 Å². The van der Waals surface area contributed by atoms with Crippen LogP contribution in [-0.2, 0) is 11.4 Å². The molecule has 7 heteroatoms. The maximum Gasteiger partial charge on any atom is 0.266 e. The molecule has 30 heavy (non-hydrogen) atoms. The molecule has 0 saturated heterocycles. The molecule has 0 unspecified atom stereocenters. The molecule has 150 valence electrons. The first-order chi connectivity index (χ1) is 14.5. The maximum absolute atomic E-state index is 12.5. The van der Waals surface area contributed by atoms with Gasteiger partial charge in [-0.2, -0.15) is 5.26 Å². The third kappa shape index (κ3) is 6.42. The Hall–Kier alpha value is -1.65. The zero-order chi connectivity index (χ0) is 21.5. The van der Waals surface area contributed by atoms with Crippen LogP contribution in [0.15, 0.2) is 72.3 Å². The first-order valence-corrected chi connectivity index (χ1v) is 12.0. The van der Waals surface area contributed by atoms with Crippen molar-refractivity contribution < 1.29 is 9.53 Å². The van der Waals surface area contributed by atoms with Crippen LogP contribution in [0.2, 0.25) is 0 Å². The first kappa shape index (κ1) is 23.0. The Labute approximate surface area is 216 Å². The van der Waals surface area contributed by atoms with Gasteiger partial charge in [-0.3, -0.25) is 4.79 Å². The van der Waals surface area contributed by atoms with Crippen LogP contribution in [0.3, 0.4) is 0 Å². The summed E-state index contributed by atoms with van der Waals surface area (Å²) in [6.07, 6.45) is 1.59. The Morgan fingerprint density at radius 3 is 2.33 bits per heavy atom. The monoisotopic (exact) mass is 732 g/mol. The van der Waals surface area contributed by atoms with Crippen LogP contribution in [0.25, 0.3) is 6.08 Å². The van der Waals surface area contributed by atoms with Gasteiger partial charge in [0.2, 0.25) is 0 Å². The summed E-state index contributed by atoms with van der Waals surface area (Å²) < 4.78 is 8.83. The zero-order valence-electron chi connectivity index (χ0n) is 15.5. The number of hydrogen-bond donors (Lipinski definition) is 1. The molecular formula is C23H15I3N2O2. The number of nitrogens with zero attached hydrogens (tertiary/aromatic N) is 1. The van der Waals surface area contributed by atoms with E-state index in [1.165, 1.54) is 0 Å². The summed E-state index contributed by atoms with van der Waals surface area (Å²) in [6.45, 7) is 0.476. The van der Waals surface area contributed by atoms with Crippen molar-refractivity contribution >= 4 is 85.4 Å². The number of ether oxygens (including phenoxy) is 1. The number of rotatable bonds is 6. The van der Waals surface area contributed by atoms with E-state index >= 15 is 0 Å². The minimum Gasteiger partial charge on any atom is -0.487 e.